The summed E-state index contributed by atoms with van der Waals surface area (Å²) in [5, 5.41) is 12.3. The maximum Gasteiger partial charge on any atom is 0.251 e. The summed E-state index contributed by atoms with van der Waals surface area (Å²) in [5.74, 6) is -0.227. The van der Waals surface area contributed by atoms with Crippen LogP contribution in [-0.4, -0.2) is 17.6 Å². The average molecular weight is 399 g/mol. The number of hydrogen-bond donors (Lipinski definition) is 2. The topological polar surface area (TPSA) is 49.3 Å². The third kappa shape index (κ3) is 3.91. The highest BCUT2D eigenvalue weighted by Crippen LogP contribution is 2.21. The zero-order valence-electron chi connectivity index (χ0n) is 10.5. The first-order valence-electron chi connectivity index (χ1n) is 6.03. The molecule has 0 spiro atoms. The predicted octanol–water partition coefficient (Wildman–Crippen LogP) is 3.68. The van der Waals surface area contributed by atoms with E-state index in [0.29, 0.717) is 5.56 Å². The summed E-state index contributed by atoms with van der Waals surface area (Å²) >= 11 is 6.70. The van der Waals surface area contributed by atoms with Crippen LogP contribution in [0, 0.1) is 0 Å². The second kappa shape index (κ2) is 7.02. The SMILES string of the molecule is O=C(N[C@@H](CO)c1ccccc1)c1cc(Br)cc(Br)c1. The zero-order chi connectivity index (χ0) is 14.5. The molecule has 2 rings (SSSR count). The molecule has 0 saturated carbocycles. The molecule has 3 nitrogen and oxygen atoms in total. The minimum atomic E-state index is -0.415. The van der Waals surface area contributed by atoms with Crippen molar-refractivity contribution in [3.05, 3.63) is 68.6 Å². The number of hydrogen-bond acceptors (Lipinski definition) is 2. The van der Waals surface area contributed by atoms with Crippen LogP contribution in [0.5, 0.6) is 0 Å². The van der Waals surface area contributed by atoms with Crippen LogP contribution >= 0.6 is 31.9 Å². The van der Waals surface area contributed by atoms with Crippen molar-refractivity contribution >= 4 is 37.8 Å². The summed E-state index contributed by atoms with van der Waals surface area (Å²) in [4.78, 5) is 12.2. The first-order valence-corrected chi connectivity index (χ1v) is 7.61. The van der Waals surface area contributed by atoms with E-state index >= 15 is 0 Å². The van der Waals surface area contributed by atoms with Gasteiger partial charge in [0.1, 0.15) is 0 Å². The first kappa shape index (κ1) is 15.2. The van der Waals surface area contributed by atoms with Crippen LogP contribution in [0.25, 0.3) is 0 Å². The summed E-state index contributed by atoms with van der Waals surface area (Å²) in [5.41, 5.74) is 1.40. The molecule has 2 N–H and O–H groups in total. The van der Waals surface area contributed by atoms with E-state index in [9.17, 15) is 9.90 Å². The Kier molecular flexibility index (Phi) is 5.34. The van der Waals surface area contributed by atoms with Gasteiger partial charge in [-0.15, -0.1) is 0 Å². The van der Waals surface area contributed by atoms with E-state index in [4.69, 9.17) is 0 Å². The van der Waals surface area contributed by atoms with Crippen molar-refractivity contribution in [2.24, 2.45) is 0 Å². The van der Waals surface area contributed by atoms with Crippen LogP contribution in [0.3, 0.4) is 0 Å². The molecule has 0 bridgehead atoms. The van der Waals surface area contributed by atoms with Crippen molar-refractivity contribution in [3.63, 3.8) is 0 Å². The lowest BCUT2D eigenvalue weighted by molar-refractivity contribution is 0.0916. The Morgan fingerprint density at radius 3 is 2.25 bits per heavy atom. The molecule has 20 heavy (non-hydrogen) atoms. The molecule has 5 heteroatoms. The van der Waals surface area contributed by atoms with Crippen LogP contribution in [0.1, 0.15) is 22.0 Å². The fraction of sp³-hybridized carbons (Fsp3) is 0.133. The summed E-state index contributed by atoms with van der Waals surface area (Å²) in [6, 6.07) is 14.3. The average Bonchev–Trinajstić information content (AvgIpc) is 2.44. The Labute approximate surface area is 134 Å². The molecule has 104 valence electrons. The molecule has 2 aromatic carbocycles. The number of amides is 1. The van der Waals surface area contributed by atoms with E-state index in [2.05, 4.69) is 37.2 Å². The summed E-state index contributed by atoms with van der Waals surface area (Å²) in [6.07, 6.45) is 0. The molecule has 1 amide bonds. The highest BCUT2D eigenvalue weighted by molar-refractivity contribution is 9.11. The Morgan fingerprint density at radius 1 is 1.10 bits per heavy atom. The molecular formula is C15H13Br2NO2. The van der Waals surface area contributed by atoms with Crippen LogP contribution in [0.2, 0.25) is 0 Å². The molecular weight excluding hydrogens is 386 g/mol. The number of carbonyl (C=O) groups is 1. The van der Waals surface area contributed by atoms with Crippen molar-refractivity contribution in [3.8, 4) is 0 Å². The van der Waals surface area contributed by atoms with Gasteiger partial charge in [-0.1, -0.05) is 62.2 Å². The largest absolute Gasteiger partial charge is 0.394 e. The molecule has 0 radical (unpaired) electrons. The van der Waals surface area contributed by atoms with E-state index in [0.717, 1.165) is 14.5 Å². The molecule has 0 aromatic heterocycles. The van der Waals surface area contributed by atoms with E-state index in [1.165, 1.54) is 0 Å². The molecule has 0 unspecified atom stereocenters. The summed E-state index contributed by atoms with van der Waals surface area (Å²) in [6.45, 7) is -0.148. The van der Waals surface area contributed by atoms with Crippen LogP contribution in [-0.2, 0) is 0 Å². The number of aliphatic hydroxyl groups is 1. The third-order valence-corrected chi connectivity index (χ3v) is 3.73. The Bertz CT molecular complexity index is 582. The maximum atomic E-state index is 12.2. The highest BCUT2D eigenvalue weighted by atomic mass is 79.9. The smallest absolute Gasteiger partial charge is 0.251 e. The van der Waals surface area contributed by atoms with Gasteiger partial charge in [-0.25, -0.2) is 0 Å². The van der Waals surface area contributed by atoms with Crippen molar-refractivity contribution in [2.75, 3.05) is 6.61 Å². The van der Waals surface area contributed by atoms with E-state index in [-0.39, 0.29) is 12.5 Å². The Hall–Kier alpha value is -1.17. The first-order chi connectivity index (χ1) is 9.60. The van der Waals surface area contributed by atoms with Crippen LogP contribution in [0.15, 0.2) is 57.5 Å². The fourth-order valence-corrected chi connectivity index (χ4v) is 3.14. The lowest BCUT2D eigenvalue weighted by atomic mass is 10.1. The number of halogens is 2. The Balaban J connectivity index is 2.17. The standard InChI is InChI=1S/C15H13Br2NO2/c16-12-6-11(7-13(17)8-12)15(20)18-14(9-19)10-4-2-1-3-5-10/h1-8,14,19H,9H2,(H,18,20)/t14-/m0/s1. The van der Waals surface area contributed by atoms with Gasteiger partial charge in [-0.2, -0.15) is 0 Å². The van der Waals surface area contributed by atoms with Gasteiger partial charge < -0.3 is 10.4 Å². The highest BCUT2D eigenvalue weighted by Gasteiger charge is 2.15. The summed E-state index contributed by atoms with van der Waals surface area (Å²) < 4.78 is 1.63. The molecule has 2 aromatic rings. The monoisotopic (exact) mass is 397 g/mol. The second-order valence-electron chi connectivity index (χ2n) is 4.28. The minimum absolute atomic E-state index is 0.148. The van der Waals surface area contributed by atoms with Gasteiger partial charge in [0.05, 0.1) is 12.6 Å². The lowest BCUT2D eigenvalue weighted by Crippen LogP contribution is -2.30. The van der Waals surface area contributed by atoms with Gasteiger partial charge in [-0.3, -0.25) is 4.79 Å². The third-order valence-electron chi connectivity index (χ3n) is 2.81. The fourth-order valence-electron chi connectivity index (χ4n) is 1.85. The predicted molar refractivity (Wildman–Crippen MR) is 85.6 cm³/mol. The zero-order valence-corrected chi connectivity index (χ0v) is 13.7. The normalized spacial score (nSPS) is 11.9. The van der Waals surface area contributed by atoms with E-state index in [1.54, 1.807) is 12.1 Å². The van der Waals surface area contributed by atoms with E-state index < -0.39 is 6.04 Å². The second-order valence-corrected chi connectivity index (χ2v) is 6.11. The van der Waals surface area contributed by atoms with Crippen LogP contribution in [0.4, 0.5) is 0 Å². The van der Waals surface area contributed by atoms with Crippen molar-refractivity contribution < 1.29 is 9.90 Å². The summed E-state index contributed by atoms with van der Waals surface area (Å²) in [7, 11) is 0. The number of benzene rings is 2. The molecule has 0 aliphatic heterocycles. The Morgan fingerprint density at radius 2 is 1.70 bits per heavy atom. The minimum Gasteiger partial charge on any atom is -0.394 e. The van der Waals surface area contributed by atoms with Gasteiger partial charge in [-0.05, 0) is 23.8 Å². The van der Waals surface area contributed by atoms with Crippen molar-refractivity contribution in [1.82, 2.24) is 5.32 Å². The maximum absolute atomic E-state index is 12.2. The number of rotatable bonds is 4. The van der Waals surface area contributed by atoms with Gasteiger partial charge in [0, 0.05) is 14.5 Å². The number of nitrogens with one attached hydrogen (secondary N) is 1. The van der Waals surface area contributed by atoms with Gasteiger partial charge >= 0.3 is 0 Å². The van der Waals surface area contributed by atoms with Gasteiger partial charge in [0.25, 0.3) is 5.91 Å². The molecule has 0 fully saturated rings. The quantitative estimate of drug-likeness (QED) is 0.825. The van der Waals surface area contributed by atoms with Crippen molar-refractivity contribution in [1.29, 1.82) is 0 Å². The molecule has 0 heterocycles. The molecule has 0 aliphatic carbocycles. The number of aliphatic hydroxyl groups excluding tert-OH is 1. The number of carbonyl (C=O) groups excluding carboxylic acids is 1. The van der Waals surface area contributed by atoms with Gasteiger partial charge in [0.2, 0.25) is 0 Å². The van der Waals surface area contributed by atoms with Crippen molar-refractivity contribution in [2.45, 2.75) is 6.04 Å². The molecule has 0 aliphatic rings. The van der Waals surface area contributed by atoms with Crippen LogP contribution < -0.4 is 5.32 Å². The lowest BCUT2D eigenvalue weighted by Gasteiger charge is -2.17. The molecule has 0 saturated heterocycles. The van der Waals surface area contributed by atoms with Gasteiger partial charge in [0.15, 0.2) is 0 Å². The molecule has 1 atom stereocenters. The van der Waals surface area contributed by atoms with E-state index in [1.807, 2.05) is 36.4 Å².